The van der Waals surface area contributed by atoms with Gasteiger partial charge in [0.2, 0.25) is 0 Å². The zero-order valence-electron chi connectivity index (χ0n) is 11.1. The van der Waals surface area contributed by atoms with Crippen LogP contribution >= 0.6 is 11.6 Å². The van der Waals surface area contributed by atoms with Gasteiger partial charge in [0.1, 0.15) is 0 Å². The van der Waals surface area contributed by atoms with Crippen LogP contribution in [0.3, 0.4) is 0 Å². The second-order valence-corrected chi connectivity index (χ2v) is 4.75. The lowest BCUT2D eigenvalue weighted by molar-refractivity contribution is -0.00471. The summed E-state index contributed by atoms with van der Waals surface area (Å²) in [6.45, 7) is 5.94. The molecular formula is C14H22ClNO2. The normalized spacial score (nSPS) is 14.4. The Morgan fingerprint density at radius 3 is 2.39 bits per heavy atom. The molecule has 0 heterocycles. The van der Waals surface area contributed by atoms with Crippen molar-refractivity contribution in [2.75, 3.05) is 19.8 Å². The molecule has 0 saturated carbocycles. The van der Waals surface area contributed by atoms with Crippen LogP contribution in [0.4, 0.5) is 0 Å². The Morgan fingerprint density at radius 1 is 1.17 bits per heavy atom. The van der Waals surface area contributed by atoms with Crippen molar-refractivity contribution in [1.29, 1.82) is 0 Å². The van der Waals surface area contributed by atoms with Gasteiger partial charge in [-0.3, -0.25) is 0 Å². The number of halogens is 1. The Labute approximate surface area is 114 Å². The van der Waals surface area contributed by atoms with Crippen molar-refractivity contribution in [1.82, 2.24) is 0 Å². The van der Waals surface area contributed by atoms with Crippen molar-refractivity contribution in [3.63, 3.8) is 0 Å². The van der Waals surface area contributed by atoms with Gasteiger partial charge in [-0.1, -0.05) is 30.7 Å². The summed E-state index contributed by atoms with van der Waals surface area (Å²) in [6, 6.07) is 7.52. The van der Waals surface area contributed by atoms with Crippen molar-refractivity contribution < 1.29 is 9.47 Å². The van der Waals surface area contributed by atoms with Crippen molar-refractivity contribution in [3.05, 3.63) is 34.9 Å². The highest BCUT2D eigenvalue weighted by atomic mass is 35.5. The third kappa shape index (κ3) is 5.36. The summed E-state index contributed by atoms with van der Waals surface area (Å²) in [6.07, 6.45) is 0.904. The first-order chi connectivity index (χ1) is 8.65. The van der Waals surface area contributed by atoms with E-state index in [4.69, 9.17) is 26.8 Å². The molecule has 0 radical (unpaired) electrons. The fourth-order valence-electron chi connectivity index (χ4n) is 1.68. The van der Waals surface area contributed by atoms with Crippen LogP contribution in [0.25, 0.3) is 0 Å². The van der Waals surface area contributed by atoms with Gasteiger partial charge in [-0.05, 0) is 31.0 Å². The van der Waals surface area contributed by atoms with E-state index in [0.717, 1.165) is 18.6 Å². The predicted octanol–water partition coefficient (Wildman–Crippen LogP) is 3.17. The van der Waals surface area contributed by atoms with Crippen LogP contribution < -0.4 is 5.73 Å². The van der Waals surface area contributed by atoms with Crippen LogP contribution in [-0.4, -0.2) is 25.9 Å². The largest absolute Gasteiger partial charge is 0.379 e. The van der Waals surface area contributed by atoms with E-state index in [1.165, 1.54) is 0 Å². The Balaban J connectivity index is 2.47. The summed E-state index contributed by atoms with van der Waals surface area (Å²) in [5.74, 6) is 0. The van der Waals surface area contributed by atoms with Gasteiger partial charge < -0.3 is 15.2 Å². The summed E-state index contributed by atoms with van der Waals surface area (Å²) < 4.78 is 11.2. The molecule has 0 aliphatic rings. The molecule has 0 aromatic heterocycles. The monoisotopic (exact) mass is 271 g/mol. The lowest BCUT2D eigenvalue weighted by Crippen LogP contribution is -2.28. The maximum Gasteiger partial charge on any atom is 0.0974 e. The lowest BCUT2D eigenvalue weighted by Gasteiger charge is -2.22. The Kier molecular flexibility index (Phi) is 7.28. The first kappa shape index (κ1) is 15.4. The first-order valence-corrected chi connectivity index (χ1v) is 6.73. The summed E-state index contributed by atoms with van der Waals surface area (Å²) >= 11 is 5.87. The average Bonchev–Trinajstić information content (AvgIpc) is 2.35. The third-order valence-electron chi connectivity index (χ3n) is 2.55. The second kappa shape index (κ2) is 8.48. The molecule has 2 atom stereocenters. The highest BCUT2D eigenvalue weighted by Gasteiger charge is 2.16. The molecule has 18 heavy (non-hydrogen) atoms. The van der Waals surface area contributed by atoms with Gasteiger partial charge in [0, 0.05) is 17.7 Å². The van der Waals surface area contributed by atoms with Gasteiger partial charge in [-0.25, -0.2) is 0 Å². The standard InChI is InChI=1S/C14H22ClNO2/c1-3-8-17-9-10-18-14(11(2)16)12-4-6-13(15)7-5-12/h4-7,11,14H,3,8-10,16H2,1-2H3. The van der Waals surface area contributed by atoms with Crippen LogP contribution in [0.2, 0.25) is 5.02 Å². The van der Waals surface area contributed by atoms with E-state index in [1.807, 2.05) is 31.2 Å². The first-order valence-electron chi connectivity index (χ1n) is 6.35. The third-order valence-corrected chi connectivity index (χ3v) is 2.80. The van der Waals surface area contributed by atoms with Crippen LogP contribution in [0, 0.1) is 0 Å². The van der Waals surface area contributed by atoms with E-state index in [-0.39, 0.29) is 12.1 Å². The molecule has 4 heteroatoms. The van der Waals surface area contributed by atoms with E-state index < -0.39 is 0 Å². The maximum absolute atomic E-state index is 5.95. The van der Waals surface area contributed by atoms with E-state index in [9.17, 15) is 0 Å². The maximum atomic E-state index is 5.95. The molecule has 2 unspecified atom stereocenters. The van der Waals surface area contributed by atoms with E-state index in [2.05, 4.69) is 6.92 Å². The van der Waals surface area contributed by atoms with Crippen LogP contribution in [0.1, 0.15) is 31.9 Å². The van der Waals surface area contributed by atoms with Gasteiger partial charge in [-0.2, -0.15) is 0 Å². The molecule has 0 saturated heterocycles. The second-order valence-electron chi connectivity index (χ2n) is 4.31. The Hall–Kier alpha value is -0.610. The van der Waals surface area contributed by atoms with E-state index >= 15 is 0 Å². The highest BCUT2D eigenvalue weighted by molar-refractivity contribution is 6.30. The minimum atomic E-state index is -0.118. The van der Waals surface area contributed by atoms with Crippen molar-refractivity contribution in [3.8, 4) is 0 Å². The van der Waals surface area contributed by atoms with Gasteiger partial charge >= 0.3 is 0 Å². The average molecular weight is 272 g/mol. The zero-order chi connectivity index (χ0) is 13.4. The number of ether oxygens (including phenoxy) is 2. The molecule has 1 aromatic carbocycles. The number of nitrogens with two attached hydrogens (primary N) is 1. The minimum absolute atomic E-state index is 0.0719. The van der Waals surface area contributed by atoms with Crippen LogP contribution in [0.5, 0.6) is 0 Å². The topological polar surface area (TPSA) is 44.5 Å². The van der Waals surface area contributed by atoms with Crippen molar-refractivity contribution >= 4 is 11.6 Å². The minimum Gasteiger partial charge on any atom is -0.379 e. The lowest BCUT2D eigenvalue weighted by atomic mass is 10.0. The summed E-state index contributed by atoms with van der Waals surface area (Å²) in [7, 11) is 0. The quantitative estimate of drug-likeness (QED) is 0.739. The molecular weight excluding hydrogens is 250 g/mol. The smallest absolute Gasteiger partial charge is 0.0974 e. The molecule has 1 aromatic rings. The molecule has 0 amide bonds. The van der Waals surface area contributed by atoms with Gasteiger partial charge in [0.25, 0.3) is 0 Å². The van der Waals surface area contributed by atoms with Crippen molar-refractivity contribution in [2.24, 2.45) is 5.73 Å². The molecule has 0 bridgehead atoms. The highest BCUT2D eigenvalue weighted by Crippen LogP contribution is 2.22. The van der Waals surface area contributed by atoms with Crippen molar-refractivity contribution in [2.45, 2.75) is 32.4 Å². The zero-order valence-corrected chi connectivity index (χ0v) is 11.8. The number of hydrogen-bond donors (Lipinski definition) is 1. The Morgan fingerprint density at radius 2 is 1.83 bits per heavy atom. The SMILES string of the molecule is CCCOCCOC(c1ccc(Cl)cc1)C(C)N. The number of rotatable bonds is 8. The van der Waals surface area contributed by atoms with Gasteiger partial charge in [0.15, 0.2) is 0 Å². The summed E-state index contributed by atoms with van der Waals surface area (Å²) in [5.41, 5.74) is 7.00. The fraction of sp³-hybridized carbons (Fsp3) is 0.571. The fourth-order valence-corrected chi connectivity index (χ4v) is 1.81. The molecule has 102 valence electrons. The van der Waals surface area contributed by atoms with Crippen LogP contribution in [-0.2, 0) is 9.47 Å². The Bertz CT molecular complexity index is 327. The summed E-state index contributed by atoms with van der Waals surface area (Å²) in [5, 5.41) is 0.716. The summed E-state index contributed by atoms with van der Waals surface area (Å²) in [4.78, 5) is 0. The molecule has 0 aliphatic carbocycles. The molecule has 3 nitrogen and oxygen atoms in total. The van der Waals surface area contributed by atoms with Gasteiger partial charge in [0.05, 0.1) is 19.3 Å². The predicted molar refractivity (Wildman–Crippen MR) is 74.9 cm³/mol. The van der Waals surface area contributed by atoms with Crippen LogP contribution in [0.15, 0.2) is 24.3 Å². The molecule has 0 fully saturated rings. The number of benzene rings is 1. The molecule has 0 aliphatic heterocycles. The van der Waals surface area contributed by atoms with E-state index in [0.29, 0.717) is 18.2 Å². The van der Waals surface area contributed by atoms with Gasteiger partial charge in [-0.15, -0.1) is 0 Å². The van der Waals surface area contributed by atoms with E-state index in [1.54, 1.807) is 0 Å². The molecule has 2 N–H and O–H groups in total. The molecule has 1 rings (SSSR count). The molecule has 0 spiro atoms. The number of hydrogen-bond acceptors (Lipinski definition) is 3.